The van der Waals surface area contributed by atoms with E-state index >= 15 is 0 Å². The van der Waals surface area contributed by atoms with Crippen molar-refractivity contribution in [2.45, 2.75) is 0 Å². The molecular formula is C16H11N3O. The molecule has 3 aromatic rings. The van der Waals surface area contributed by atoms with Gasteiger partial charge >= 0.3 is 0 Å². The summed E-state index contributed by atoms with van der Waals surface area (Å²) in [6.07, 6.45) is 3.50. The van der Waals surface area contributed by atoms with Gasteiger partial charge in [0.2, 0.25) is 0 Å². The number of aromatic nitrogens is 1. The normalized spacial score (nSPS) is 13.7. The zero-order chi connectivity index (χ0) is 13.5. The van der Waals surface area contributed by atoms with Crippen molar-refractivity contribution in [3.8, 4) is 5.88 Å². The summed E-state index contributed by atoms with van der Waals surface area (Å²) in [7, 11) is 0. The summed E-state index contributed by atoms with van der Waals surface area (Å²) >= 11 is 0. The molecule has 4 nitrogen and oxygen atoms in total. The van der Waals surface area contributed by atoms with Crippen molar-refractivity contribution in [1.29, 1.82) is 0 Å². The molecule has 0 radical (unpaired) electrons. The summed E-state index contributed by atoms with van der Waals surface area (Å²) in [5.74, 6) is 0.180. The molecule has 1 aromatic heterocycles. The highest BCUT2D eigenvalue weighted by atomic mass is 16.3. The molecule has 1 aliphatic rings. The Bertz CT molecular complexity index is 967. The van der Waals surface area contributed by atoms with Crippen molar-refractivity contribution >= 4 is 29.0 Å². The van der Waals surface area contributed by atoms with Crippen LogP contribution in [-0.4, -0.2) is 16.4 Å². The number of hydrogen-bond acceptors (Lipinski definition) is 3. The Balaban J connectivity index is 1.97. The second kappa shape index (κ2) is 4.06. The Kier molecular flexibility index (Phi) is 2.23. The fourth-order valence-electron chi connectivity index (χ4n) is 2.46. The average molecular weight is 261 g/mol. The highest BCUT2D eigenvalue weighted by Gasteiger charge is 2.07. The predicted molar refractivity (Wildman–Crippen MR) is 78.9 cm³/mol. The molecule has 2 aromatic carbocycles. The van der Waals surface area contributed by atoms with E-state index in [9.17, 15) is 5.11 Å². The van der Waals surface area contributed by atoms with E-state index in [1.54, 1.807) is 6.34 Å². The molecule has 4 heteroatoms. The van der Waals surface area contributed by atoms with Gasteiger partial charge in [-0.2, -0.15) is 0 Å². The molecule has 2 heterocycles. The first-order valence-electron chi connectivity index (χ1n) is 6.33. The van der Waals surface area contributed by atoms with Gasteiger partial charge in [0.15, 0.2) is 5.88 Å². The third kappa shape index (κ3) is 1.62. The zero-order valence-corrected chi connectivity index (χ0v) is 10.5. The predicted octanol–water partition coefficient (Wildman–Crippen LogP) is 2.00. The minimum atomic E-state index is 0.180. The van der Waals surface area contributed by atoms with Gasteiger partial charge in [0.05, 0.1) is 11.0 Å². The molecule has 96 valence electrons. The SMILES string of the molecule is Oc1[nH]c2ccccc2c1C=c1ccc2c(c1)N=CN=2. The van der Waals surface area contributed by atoms with Crippen molar-refractivity contribution in [2.75, 3.05) is 0 Å². The third-order valence-electron chi connectivity index (χ3n) is 3.43. The number of hydrogen-bond donors (Lipinski definition) is 2. The van der Waals surface area contributed by atoms with E-state index in [2.05, 4.69) is 15.0 Å². The number of aliphatic imine (C=N–C) groups is 1. The van der Waals surface area contributed by atoms with Crippen LogP contribution in [0.25, 0.3) is 17.0 Å². The van der Waals surface area contributed by atoms with E-state index in [0.29, 0.717) is 0 Å². The van der Waals surface area contributed by atoms with Gasteiger partial charge in [-0.1, -0.05) is 24.3 Å². The summed E-state index contributed by atoms with van der Waals surface area (Å²) in [5.41, 5.74) is 2.57. The number of fused-ring (bicyclic) bond motifs is 2. The summed E-state index contributed by atoms with van der Waals surface area (Å²) < 4.78 is 0. The Labute approximate surface area is 114 Å². The summed E-state index contributed by atoms with van der Waals surface area (Å²) in [6.45, 7) is 0. The van der Waals surface area contributed by atoms with E-state index in [4.69, 9.17) is 0 Å². The van der Waals surface area contributed by atoms with Crippen LogP contribution in [0.2, 0.25) is 0 Å². The lowest BCUT2D eigenvalue weighted by Gasteiger charge is -1.94. The van der Waals surface area contributed by atoms with Crippen LogP contribution in [-0.2, 0) is 0 Å². The summed E-state index contributed by atoms with van der Waals surface area (Å²) in [4.78, 5) is 11.3. The molecule has 4 rings (SSSR count). The molecule has 0 saturated heterocycles. The molecule has 0 fully saturated rings. The lowest BCUT2D eigenvalue weighted by atomic mass is 10.1. The number of nitrogens with one attached hydrogen (secondary N) is 1. The van der Waals surface area contributed by atoms with E-state index in [0.717, 1.165) is 32.7 Å². The molecule has 1 aliphatic heterocycles. The van der Waals surface area contributed by atoms with Crippen molar-refractivity contribution < 1.29 is 5.11 Å². The maximum absolute atomic E-state index is 10.1. The number of aromatic amines is 1. The Morgan fingerprint density at radius 3 is 2.95 bits per heavy atom. The van der Waals surface area contributed by atoms with E-state index in [1.165, 1.54) is 0 Å². The molecule has 0 spiro atoms. The van der Waals surface area contributed by atoms with Gasteiger partial charge in [0.1, 0.15) is 6.34 Å². The van der Waals surface area contributed by atoms with Crippen LogP contribution in [0.1, 0.15) is 5.56 Å². The minimum Gasteiger partial charge on any atom is -0.494 e. The first kappa shape index (κ1) is 11.0. The highest BCUT2D eigenvalue weighted by Crippen LogP contribution is 2.27. The van der Waals surface area contributed by atoms with Gasteiger partial charge in [0.25, 0.3) is 0 Å². The van der Waals surface area contributed by atoms with Crippen LogP contribution in [0, 0.1) is 0 Å². The summed E-state index contributed by atoms with van der Waals surface area (Å²) in [6, 6.07) is 13.7. The molecule has 0 unspecified atom stereocenters. The Hall–Kier alpha value is -2.88. The van der Waals surface area contributed by atoms with Crippen molar-refractivity contribution in [3.05, 3.63) is 58.6 Å². The molecule has 0 atom stereocenters. The third-order valence-corrected chi connectivity index (χ3v) is 3.43. The van der Waals surface area contributed by atoms with Crippen LogP contribution < -0.4 is 10.6 Å². The summed E-state index contributed by atoms with van der Waals surface area (Å²) in [5, 5.41) is 12.9. The van der Waals surface area contributed by atoms with Crippen LogP contribution in [0.15, 0.2) is 52.4 Å². The quantitative estimate of drug-likeness (QED) is 0.691. The molecule has 0 bridgehead atoms. The number of nitrogens with zero attached hydrogens (tertiary/aromatic N) is 2. The first-order valence-corrected chi connectivity index (χ1v) is 6.33. The maximum atomic E-state index is 10.1. The largest absolute Gasteiger partial charge is 0.494 e. The van der Waals surface area contributed by atoms with Crippen LogP contribution >= 0.6 is 0 Å². The maximum Gasteiger partial charge on any atom is 0.196 e. The Morgan fingerprint density at radius 2 is 2.00 bits per heavy atom. The van der Waals surface area contributed by atoms with Crippen molar-refractivity contribution in [3.63, 3.8) is 0 Å². The fourth-order valence-corrected chi connectivity index (χ4v) is 2.46. The smallest absolute Gasteiger partial charge is 0.196 e. The number of rotatable bonds is 1. The van der Waals surface area contributed by atoms with Gasteiger partial charge in [0, 0.05) is 16.5 Å². The monoisotopic (exact) mass is 261 g/mol. The lowest BCUT2D eigenvalue weighted by molar-refractivity contribution is 0.457. The number of para-hydroxylation sites is 1. The van der Waals surface area contributed by atoms with Crippen molar-refractivity contribution in [2.24, 2.45) is 9.98 Å². The first-order chi connectivity index (χ1) is 9.81. The molecular weight excluding hydrogens is 250 g/mol. The number of aromatic hydroxyl groups is 1. The number of benzene rings is 2. The minimum absolute atomic E-state index is 0.180. The van der Waals surface area contributed by atoms with Crippen molar-refractivity contribution in [1.82, 2.24) is 4.98 Å². The van der Waals surface area contributed by atoms with Gasteiger partial charge < -0.3 is 10.1 Å². The van der Waals surface area contributed by atoms with E-state index in [1.807, 2.05) is 48.5 Å². The lowest BCUT2D eigenvalue weighted by Crippen LogP contribution is -2.06. The van der Waals surface area contributed by atoms with Gasteiger partial charge in [-0.25, -0.2) is 9.98 Å². The molecule has 0 aliphatic carbocycles. The van der Waals surface area contributed by atoms with Gasteiger partial charge in [-0.3, -0.25) is 0 Å². The second-order valence-corrected chi connectivity index (χ2v) is 4.70. The van der Waals surface area contributed by atoms with E-state index < -0.39 is 0 Å². The van der Waals surface area contributed by atoms with Crippen LogP contribution in [0.5, 0.6) is 5.88 Å². The van der Waals surface area contributed by atoms with E-state index in [-0.39, 0.29) is 5.88 Å². The molecule has 0 saturated carbocycles. The fraction of sp³-hybridized carbons (Fsp3) is 0. The van der Waals surface area contributed by atoms with Crippen LogP contribution in [0.3, 0.4) is 0 Å². The number of H-pyrrole nitrogens is 1. The molecule has 20 heavy (non-hydrogen) atoms. The average Bonchev–Trinajstić information content (AvgIpc) is 3.04. The molecule has 0 amide bonds. The molecule has 2 N–H and O–H groups in total. The standard InChI is InChI=1S/C16H11N3O/c20-16-12(11-3-1-2-4-13(11)19-16)7-10-5-6-14-15(8-10)18-9-17-14/h1-9,19-20H. The van der Waals surface area contributed by atoms with Crippen LogP contribution in [0.4, 0.5) is 5.69 Å². The second-order valence-electron chi connectivity index (χ2n) is 4.70. The topological polar surface area (TPSA) is 60.7 Å². The Morgan fingerprint density at radius 1 is 1.10 bits per heavy atom. The van der Waals surface area contributed by atoms with Gasteiger partial charge in [-0.05, 0) is 29.5 Å². The highest BCUT2D eigenvalue weighted by molar-refractivity contribution is 5.91. The zero-order valence-electron chi connectivity index (χ0n) is 10.5. The van der Waals surface area contributed by atoms with Gasteiger partial charge in [-0.15, -0.1) is 0 Å².